The Labute approximate surface area is 205 Å². The number of hydrogen-bond donors (Lipinski definition) is 1. The number of carbonyl (C=O) groups is 1. The molecule has 0 aliphatic carbocycles. The summed E-state index contributed by atoms with van der Waals surface area (Å²) in [5, 5.41) is 9.69. The van der Waals surface area contributed by atoms with Crippen LogP contribution in [0.1, 0.15) is 44.0 Å². The molecule has 0 radical (unpaired) electrons. The Bertz CT molecular complexity index is 986. The third-order valence-corrected chi connectivity index (χ3v) is 8.40. The van der Waals surface area contributed by atoms with Crippen molar-refractivity contribution >= 4 is 67.8 Å². The lowest BCUT2D eigenvalue weighted by atomic mass is 9.92. The maximum atomic E-state index is 13.1. The van der Waals surface area contributed by atoms with Crippen LogP contribution in [0.2, 0.25) is 10.0 Å². The largest absolute Gasteiger partial charge is 0.284 e. The second-order valence-corrected chi connectivity index (χ2v) is 11.4. The van der Waals surface area contributed by atoms with Crippen LogP contribution >= 0.6 is 50.5 Å². The van der Waals surface area contributed by atoms with Gasteiger partial charge < -0.3 is 0 Å². The zero-order chi connectivity index (χ0) is 22.1. The number of nitrogens with zero attached hydrogens (tertiary/aromatic N) is 3. The Balaban J connectivity index is 1.57. The second kappa shape index (κ2) is 9.79. The van der Waals surface area contributed by atoms with Crippen LogP contribution in [0, 0.1) is 11.8 Å². The average Bonchev–Trinajstić information content (AvgIpc) is 3.45. The topological polar surface area (TPSA) is 47.9 Å². The van der Waals surface area contributed by atoms with Gasteiger partial charge in [-0.15, -0.1) is 11.3 Å². The Morgan fingerprint density at radius 1 is 1.19 bits per heavy atom. The molecule has 4 rings (SSSR count). The average molecular weight is 544 g/mol. The minimum atomic E-state index is -0.139. The van der Waals surface area contributed by atoms with Gasteiger partial charge in [0.05, 0.1) is 20.5 Å². The van der Waals surface area contributed by atoms with Gasteiger partial charge in [0, 0.05) is 29.4 Å². The summed E-state index contributed by atoms with van der Waals surface area (Å²) in [7, 11) is 0. The van der Waals surface area contributed by atoms with E-state index in [4.69, 9.17) is 28.3 Å². The molecule has 3 unspecified atom stereocenters. The number of amides is 1. The van der Waals surface area contributed by atoms with E-state index in [0.717, 1.165) is 40.3 Å². The summed E-state index contributed by atoms with van der Waals surface area (Å²) in [6.07, 6.45) is 2.77. The lowest BCUT2D eigenvalue weighted by Gasteiger charge is -2.23. The van der Waals surface area contributed by atoms with Gasteiger partial charge >= 0.3 is 0 Å². The van der Waals surface area contributed by atoms with Gasteiger partial charge in [0.2, 0.25) is 0 Å². The van der Waals surface area contributed by atoms with Crippen LogP contribution in [0.4, 0.5) is 5.69 Å². The Morgan fingerprint density at radius 3 is 2.48 bits per heavy atom. The number of nitrogens with one attached hydrogen (secondary N) is 1. The first-order valence-corrected chi connectivity index (χ1v) is 12.9. The molecule has 3 atom stereocenters. The van der Waals surface area contributed by atoms with Crippen LogP contribution in [0.5, 0.6) is 0 Å². The summed E-state index contributed by atoms with van der Waals surface area (Å²) in [6.45, 7) is 6.22. The van der Waals surface area contributed by atoms with E-state index < -0.39 is 0 Å². The lowest BCUT2D eigenvalue weighted by Crippen LogP contribution is -2.44. The molecule has 2 aliphatic heterocycles. The fourth-order valence-electron chi connectivity index (χ4n) is 4.43. The molecule has 31 heavy (non-hydrogen) atoms. The van der Waals surface area contributed by atoms with Gasteiger partial charge in [-0.1, -0.05) is 49.9 Å². The molecule has 1 saturated heterocycles. The van der Waals surface area contributed by atoms with Crippen molar-refractivity contribution in [2.75, 3.05) is 18.1 Å². The third kappa shape index (κ3) is 4.96. The van der Waals surface area contributed by atoms with Crippen LogP contribution in [-0.4, -0.2) is 29.7 Å². The molecule has 2 aliphatic rings. The number of rotatable bonds is 6. The van der Waals surface area contributed by atoms with Gasteiger partial charge in [0.25, 0.3) is 5.91 Å². The molecule has 5 nitrogen and oxygen atoms in total. The van der Waals surface area contributed by atoms with E-state index in [1.807, 2.05) is 17.1 Å². The molecule has 1 amide bonds. The van der Waals surface area contributed by atoms with Gasteiger partial charge in [-0.2, -0.15) is 5.10 Å². The molecule has 0 saturated carbocycles. The van der Waals surface area contributed by atoms with Crippen molar-refractivity contribution in [2.24, 2.45) is 16.9 Å². The molecule has 1 N–H and O–H groups in total. The molecular weight excluding hydrogens is 519 g/mol. The maximum absolute atomic E-state index is 13.1. The van der Waals surface area contributed by atoms with Gasteiger partial charge in [0.15, 0.2) is 0 Å². The van der Waals surface area contributed by atoms with Crippen molar-refractivity contribution in [3.05, 3.63) is 49.0 Å². The first kappa shape index (κ1) is 23.1. The van der Waals surface area contributed by atoms with Gasteiger partial charge in [-0.05, 0) is 58.1 Å². The van der Waals surface area contributed by atoms with E-state index in [9.17, 15) is 4.79 Å². The highest BCUT2D eigenvalue weighted by Crippen LogP contribution is 2.42. The number of hydrazone groups is 1. The van der Waals surface area contributed by atoms with Crippen molar-refractivity contribution in [1.82, 2.24) is 10.4 Å². The van der Waals surface area contributed by atoms with Crippen molar-refractivity contribution in [1.29, 1.82) is 0 Å². The number of halogens is 3. The number of hydrazine groups is 1. The van der Waals surface area contributed by atoms with Gasteiger partial charge in [-0.25, -0.2) is 5.01 Å². The Kier molecular flexibility index (Phi) is 7.28. The quantitative estimate of drug-likeness (QED) is 0.451. The van der Waals surface area contributed by atoms with Crippen LogP contribution in [0.25, 0.3) is 0 Å². The number of thiophene rings is 1. The number of benzene rings is 1. The highest BCUT2D eigenvalue weighted by Gasteiger charge is 2.36. The van der Waals surface area contributed by atoms with Crippen LogP contribution in [0.15, 0.2) is 39.2 Å². The molecule has 1 aromatic carbocycles. The van der Waals surface area contributed by atoms with E-state index in [2.05, 4.69) is 46.3 Å². The van der Waals surface area contributed by atoms with Gasteiger partial charge in [0.1, 0.15) is 5.71 Å². The third-order valence-electron chi connectivity index (χ3n) is 6.14. The molecule has 166 valence electrons. The zero-order valence-electron chi connectivity index (χ0n) is 17.4. The molecule has 1 fully saturated rings. The summed E-state index contributed by atoms with van der Waals surface area (Å²) in [4.78, 5) is 14.2. The van der Waals surface area contributed by atoms with E-state index >= 15 is 0 Å². The Hall–Kier alpha value is -1.12. The summed E-state index contributed by atoms with van der Waals surface area (Å²) in [6, 6.07) is 9.32. The molecule has 9 heteroatoms. The van der Waals surface area contributed by atoms with Crippen molar-refractivity contribution in [3.63, 3.8) is 0 Å². The van der Waals surface area contributed by atoms with Crippen LogP contribution in [-0.2, 0) is 4.79 Å². The van der Waals surface area contributed by atoms with Crippen molar-refractivity contribution in [3.8, 4) is 0 Å². The minimum Gasteiger partial charge on any atom is -0.284 e. The molecular formula is C22H25BrCl2N4OS. The van der Waals surface area contributed by atoms with Gasteiger partial charge in [-0.3, -0.25) is 15.2 Å². The molecule has 0 spiro atoms. The number of hydrogen-bond acceptors (Lipinski definition) is 5. The highest BCUT2D eigenvalue weighted by molar-refractivity contribution is 9.11. The first-order valence-electron chi connectivity index (χ1n) is 10.5. The zero-order valence-corrected chi connectivity index (χ0v) is 21.4. The summed E-state index contributed by atoms with van der Waals surface area (Å²) in [5.74, 6) is 1.10. The summed E-state index contributed by atoms with van der Waals surface area (Å²) >= 11 is 17.8. The molecule has 0 bridgehead atoms. The Morgan fingerprint density at radius 2 is 1.90 bits per heavy atom. The maximum Gasteiger partial charge on any atom is 0.281 e. The molecule has 3 heterocycles. The molecule has 2 aromatic rings. The standard InChI is InChI=1S/C22H25BrCl2N4OS/c1-3-13-11-28(12-14(13)4-2)27-22(30)17-10-19(20-7-8-21(23)31-20)29(26-17)18-6-5-15(24)9-16(18)25/h5-9,13-14,19H,3-4,10-12H2,1-2H3,(H,27,30). The lowest BCUT2D eigenvalue weighted by molar-refractivity contribution is -0.119. The van der Waals surface area contributed by atoms with Crippen molar-refractivity contribution < 1.29 is 4.79 Å². The fourth-order valence-corrected chi connectivity index (χ4v) is 6.43. The smallest absolute Gasteiger partial charge is 0.281 e. The number of anilines is 1. The normalized spacial score (nSPS) is 24.0. The summed E-state index contributed by atoms with van der Waals surface area (Å²) < 4.78 is 1.04. The monoisotopic (exact) mass is 542 g/mol. The molecule has 1 aromatic heterocycles. The predicted molar refractivity (Wildman–Crippen MR) is 133 cm³/mol. The summed E-state index contributed by atoms with van der Waals surface area (Å²) in [5.41, 5.74) is 4.34. The SMILES string of the molecule is CCC1CN(NC(=O)C2=NN(c3ccc(Cl)cc3Cl)C(c3ccc(Br)s3)C2)CC1CC. The van der Waals surface area contributed by atoms with E-state index in [1.54, 1.807) is 23.5 Å². The number of carbonyl (C=O) groups excluding carboxylic acids is 1. The van der Waals surface area contributed by atoms with E-state index in [-0.39, 0.29) is 11.9 Å². The van der Waals surface area contributed by atoms with E-state index in [0.29, 0.717) is 34.0 Å². The van der Waals surface area contributed by atoms with E-state index in [1.165, 1.54) is 0 Å². The van der Waals surface area contributed by atoms with Crippen LogP contribution < -0.4 is 10.4 Å². The highest BCUT2D eigenvalue weighted by atomic mass is 79.9. The van der Waals surface area contributed by atoms with Crippen LogP contribution in [0.3, 0.4) is 0 Å². The van der Waals surface area contributed by atoms with Crippen molar-refractivity contribution in [2.45, 2.75) is 39.2 Å². The predicted octanol–water partition coefficient (Wildman–Crippen LogP) is 6.52. The fraction of sp³-hybridized carbons (Fsp3) is 0.455. The second-order valence-electron chi connectivity index (χ2n) is 8.03. The minimum absolute atomic E-state index is 0.0962. The first-order chi connectivity index (χ1) is 14.9.